The Bertz CT molecular complexity index is 912. The summed E-state index contributed by atoms with van der Waals surface area (Å²) in [5.74, 6) is 2.49. The molecule has 1 amide bonds. The summed E-state index contributed by atoms with van der Waals surface area (Å²) in [4.78, 5) is 12.2. The van der Waals surface area contributed by atoms with Crippen molar-refractivity contribution < 1.29 is 28.5 Å². The van der Waals surface area contributed by atoms with Crippen LogP contribution >= 0.6 is 11.6 Å². The van der Waals surface area contributed by atoms with E-state index in [0.29, 0.717) is 33.8 Å². The Hall–Kier alpha value is -3.06. The van der Waals surface area contributed by atoms with Gasteiger partial charge in [0, 0.05) is 24.3 Å². The Balaban J connectivity index is 1.68. The largest absolute Gasteiger partial charge is 0.496 e. The third-order valence-corrected chi connectivity index (χ3v) is 4.40. The van der Waals surface area contributed by atoms with Gasteiger partial charge in [0.25, 0.3) is 0 Å². The third-order valence-electron chi connectivity index (χ3n) is 4.12. The summed E-state index contributed by atoms with van der Waals surface area (Å²) in [5, 5.41) is 3.24. The highest BCUT2D eigenvalue weighted by Gasteiger charge is 2.17. The van der Waals surface area contributed by atoms with Gasteiger partial charge in [0.1, 0.15) is 5.75 Å². The van der Waals surface area contributed by atoms with Gasteiger partial charge in [-0.1, -0.05) is 11.6 Å². The van der Waals surface area contributed by atoms with Gasteiger partial charge in [0.15, 0.2) is 23.0 Å². The lowest BCUT2D eigenvalue weighted by Crippen LogP contribution is -2.20. The Morgan fingerprint density at radius 3 is 2.50 bits per heavy atom. The molecule has 8 heteroatoms. The average molecular weight is 406 g/mol. The van der Waals surface area contributed by atoms with Gasteiger partial charge in [0.2, 0.25) is 12.7 Å². The summed E-state index contributed by atoms with van der Waals surface area (Å²) in [6, 6.07) is 6.94. The molecule has 0 aliphatic carbocycles. The van der Waals surface area contributed by atoms with E-state index in [1.54, 1.807) is 51.7 Å². The summed E-state index contributed by atoms with van der Waals surface area (Å²) in [6.45, 7) is 0.393. The van der Waals surface area contributed by atoms with Crippen molar-refractivity contribution in [1.82, 2.24) is 5.32 Å². The molecule has 7 nitrogen and oxygen atoms in total. The summed E-state index contributed by atoms with van der Waals surface area (Å²) in [6.07, 6.45) is 3.07. The maximum Gasteiger partial charge on any atom is 0.244 e. The number of carbonyl (C=O) groups is 1. The molecule has 2 aromatic rings. The topological polar surface area (TPSA) is 75.2 Å². The number of halogens is 1. The second-order valence-electron chi connectivity index (χ2n) is 5.81. The number of ether oxygens (including phenoxy) is 5. The van der Waals surface area contributed by atoms with Crippen molar-refractivity contribution in [2.75, 3.05) is 28.1 Å². The van der Waals surface area contributed by atoms with Gasteiger partial charge in [-0.3, -0.25) is 4.79 Å². The van der Waals surface area contributed by atoms with Crippen molar-refractivity contribution in [3.8, 4) is 28.7 Å². The molecule has 28 heavy (non-hydrogen) atoms. The summed E-state index contributed by atoms with van der Waals surface area (Å²) in [5.41, 5.74) is 1.49. The number of methoxy groups -OCH3 is 3. The van der Waals surface area contributed by atoms with E-state index in [1.165, 1.54) is 6.08 Å². The first kappa shape index (κ1) is 19.7. The van der Waals surface area contributed by atoms with E-state index < -0.39 is 0 Å². The van der Waals surface area contributed by atoms with Crippen LogP contribution in [-0.4, -0.2) is 34.0 Å². The van der Waals surface area contributed by atoms with E-state index in [2.05, 4.69) is 5.32 Å². The third kappa shape index (κ3) is 4.26. The van der Waals surface area contributed by atoms with Crippen LogP contribution in [0, 0.1) is 0 Å². The van der Waals surface area contributed by atoms with Crippen molar-refractivity contribution in [1.29, 1.82) is 0 Å². The second kappa shape index (κ2) is 8.75. The van der Waals surface area contributed by atoms with Crippen LogP contribution in [0.2, 0.25) is 5.02 Å². The van der Waals surface area contributed by atoms with Crippen LogP contribution in [0.25, 0.3) is 6.08 Å². The van der Waals surface area contributed by atoms with Crippen LogP contribution < -0.4 is 29.0 Å². The Labute approximate surface area is 167 Å². The van der Waals surface area contributed by atoms with E-state index in [-0.39, 0.29) is 19.2 Å². The highest BCUT2D eigenvalue weighted by Crippen LogP contribution is 2.40. The molecule has 0 saturated carbocycles. The molecule has 3 rings (SSSR count). The number of rotatable bonds is 7. The molecular formula is C20H20ClNO6. The zero-order valence-electron chi connectivity index (χ0n) is 15.7. The molecule has 148 valence electrons. The summed E-state index contributed by atoms with van der Waals surface area (Å²) in [7, 11) is 4.65. The van der Waals surface area contributed by atoms with E-state index in [1.807, 2.05) is 0 Å². The van der Waals surface area contributed by atoms with Crippen LogP contribution in [0.3, 0.4) is 0 Å². The van der Waals surface area contributed by atoms with Crippen LogP contribution in [0.4, 0.5) is 0 Å². The molecular weight excluding hydrogens is 386 g/mol. The number of amides is 1. The first-order valence-electron chi connectivity index (χ1n) is 8.39. The lowest BCUT2D eigenvalue weighted by atomic mass is 10.1. The first-order valence-corrected chi connectivity index (χ1v) is 8.77. The van der Waals surface area contributed by atoms with Crippen LogP contribution in [0.5, 0.6) is 28.7 Å². The summed E-state index contributed by atoms with van der Waals surface area (Å²) >= 11 is 6.14. The fourth-order valence-electron chi connectivity index (χ4n) is 2.73. The molecule has 0 radical (unpaired) electrons. The normalized spacial score (nSPS) is 12.1. The standard InChI is InChI=1S/C20H20ClNO6/c1-24-15-9-17(26-3)16(25-2)8-13(15)10-22-19(23)5-4-12-6-14(21)20-18(7-12)27-11-28-20/h4-9H,10-11H2,1-3H3,(H,22,23)/b5-4+. The van der Waals surface area contributed by atoms with Gasteiger partial charge in [-0.2, -0.15) is 0 Å². The molecule has 1 N–H and O–H groups in total. The average Bonchev–Trinajstić information content (AvgIpc) is 3.19. The number of carbonyl (C=O) groups excluding carboxylic acids is 1. The lowest BCUT2D eigenvalue weighted by molar-refractivity contribution is -0.116. The molecule has 0 bridgehead atoms. The van der Waals surface area contributed by atoms with E-state index in [0.717, 1.165) is 11.1 Å². The predicted molar refractivity (Wildman–Crippen MR) is 105 cm³/mol. The molecule has 2 aromatic carbocycles. The highest BCUT2D eigenvalue weighted by molar-refractivity contribution is 6.32. The molecule has 0 atom stereocenters. The number of hydrogen-bond acceptors (Lipinski definition) is 6. The van der Waals surface area contributed by atoms with Gasteiger partial charge >= 0.3 is 0 Å². The Morgan fingerprint density at radius 2 is 1.79 bits per heavy atom. The smallest absolute Gasteiger partial charge is 0.244 e. The molecule has 1 aliphatic heterocycles. The molecule has 0 saturated heterocycles. The van der Waals surface area contributed by atoms with Crippen molar-refractivity contribution >= 4 is 23.6 Å². The Kier molecular flexibility index (Phi) is 6.16. The van der Waals surface area contributed by atoms with Gasteiger partial charge < -0.3 is 29.0 Å². The number of nitrogens with one attached hydrogen (secondary N) is 1. The zero-order chi connectivity index (χ0) is 20.1. The summed E-state index contributed by atoms with van der Waals surface area (Å²) < 4.78 is 26.5. The maximum absolute atomic E-state index is 12.2. The molecule has 0 fully saturated rings. The van der Waals surface area contributed by atoms with Gasteiger partial charge in [-0.15, -0.1) is 0 Å². The fourth-order valence-corrected chi connectivity index (χ4v) is 3.00. The molecule has 0 spiro atoms. The predicted octanol–water partition coefficient (Wildman–Crippen LogP) is 3.42. The van der Waals surface area contributed by atoms with Gasteiger partial charge in [-0.05, 0) is 29.8 Å². The minimum absolute atomic E-state index is 0.135. The minimum atomic E-state index is -0.273. The molecule has 1 heterocycles. The van der Waals surface area contributed by atoms with Gasteiger partial charge in [-0.25, -0.2) is 0 Å². The number of benzene rings is 2. The van der Waals surface area contributed by atoms with E-state index in [9.17, 15) is 4.79 Å². The Morgan fingerprint density at radius 1 is 1.07 bits per heavy atom. The van der Waals surface area contributed by atoms with Gasteiger partial charge in [0.05, 0.1) is 26.4 Å². The minimum Gasteiger partial charge on any atom is -0.496 e. The maximum atomic E-state index is 12.2. The monoisotopic (exact) mass is 405 g/mol. The van der Waals surface area contributed by atoms with E-state index >= 15 is 0 Å². The molecule has 0 aromatic heterocycles. The molecule has 0 unspecified atom stereocenters. The van der Waals surface area contributed by atoms with Crippen molar-refractivity contribution in [2.24, 2.45) is 0 Å². The van der Waals surface area contributed by atoms with Crippen LogP contribution in [0.1, 0.15) is 11.1 Å². The molecule has 1 aliphatic rings. The fraction of sp³-hybridized carbons (Fsp3) is 0.250. The first-order chi connectivity index (χ1) is 13.5. The van der Waals surface area contributed by atoms with Crippen molar-refractivity contribution in [3.05, 3.63) is 46.5 Å². The highest BCUT2D eigenvalue weighted by atomic mass is 35.5. The number of fused-ring (bicyclic) bond motifs is 1. The number of hydrogen-bond donors (Lipinski definition) is 1. The van der Waals surface area contributed by atoms with Crippen molar-refractivity contribution in [3.63, 3.8) is 0 Å². The lowest BCUT2D eigenvalue weighted by Gasteiger charge is -2.14. The van der Waals surface area contributed by atoms with Crippen LogP contribution in [0.15, 0.2) is 30.3 Å². The second-order valence-corrected chi connectivity index (χ2v) is 6.21. The van der Waals surface area contributed by atoms with E-state index in [4.69, 9.17) is 35.3 Å². The SMILES string of the molecule is COc1cc(OC)c(OC)cc1CNC(=O)/C=C/c1cc(Cl)c2c(c1)OCO2. The quantitative estimate of drug-likeness (QED) is 0.711. The van der Waals surface area contributed by atoms with Crippen molar-refractivity contribution in [2.45, 2.75) is 6.54 Å². The zero-order valence-corrected chi connectivity index (χ0v) is 16.5. The van der Waals surface area contributed by atoms with Crippen LogP contribution in [-0.2, 0) is 11.3 Å².